The maximum Gasteiger partial charge on any atom is 0.417 e. The van der Waals surface area contributed by atoms with E-state index in [1.807, 2.05) is 18.2 Å². The van der Waals surface area contributed by atoms with E-state index in [9.17, 15) is 27.9 Å². The molecule has 1 heterocycles. The van der Waals surface area contributed by atoms with Gasteiger partial charge in [0.2, 0.25) is 5.88 Å². The predicted octanol–water partition coefficient (Wildman–Crippen LogP) is 8.88. The highest BCUT2D eigenvalue weighted by molar-refractivity contribution is 7.99. The Balaban J connectivity index is 1.58. The highest BCUT2D eigenvalue weighted by atomic mass is 32.2. The number of thioether (sulfide) groups is 1. The molecule has 0 fully saturated rings. The standard InChI is InChI=1S/C32H33F3N4O4S/c1-2-3-4-5-17-39-26-16-15-22(44-18-7-8-20-11-13-21(14-12-20)31(42)43)19-23(26)28(30(39)41)37-38-29(40)27-24(32(33,34)35)9-6-10-25(27)36/h6,9-16,19,41H,2-5,7-8,17-18,36H2,1H3,(H,42,43). The molecule has 44 heavy (non-hydrogen) atoms. The Bertz CT molecular complexity index is 1670. The summed E-state index contributed by atoms with van der Waals surface area (Å²) in [7, 11) is 0. The molecule has 0 unspecified atom stereocenters. The average molecular weight is 627 g/mol. The quantitative estimate of drug-likeness (QED) is 0.0588. The number of nitrogen functional groups attached to an aromatic ring is 1. The number of rotatable bonds is 13. The summed E-state index contributed by atoms with van der Waals surface area (Å²) < 4.78 is 42.4. The third-order valence-electron chi connectivity index (χ3n) is 7.15. The van der Waals surface area contributed by atoms with Gasteiger partial charge in [0.1, 0.15) is 0 Å². The van der Waals surface area contributed by atoms with Gasteiger partial charge in [-0.2, -0.15) is 13.2 Å². The van der Waals surface area contributed by atoms with E-state index >= 15 is 0 Å². The lowest BCUT2D eigenvalue weighted by atomic mass is 10.0. The Hall–Kier alpha value is -4.32. The molecular weight excluding hydrogens is 593 g/mol. The number of aromatic nitrogens is 1. The predicted molar refractivity (Wildman–Crippen MR) is 165 cm³/mol. The van der Waals surface area contributed by atoms with Crippen LogP contribution in [0.25, 0.3) is 10.9 Å². The van der Waals surface area contributed by atoms with E-state index in [0.29, 0.717) is 17.4 Å². The number of hydrogen-bond acceptors (Lipinski definition) is 6. The lowest BCUT2D eigenvalue weighted by Gasteiger charge is -2.11. The second kappa shape index (κ2) is 14.4. The van der Waals surface area contributed by atoms with E-state index in [-0.39, 0.29) is 22.8 Å². The molecule has 0 atom stereocenters. The summed E-state index contributed by atoms with van der Waals surface area (Å²) in [5.74, 6) is -1.71. The molecule has 3 aromatic carbocycles. The minimum absolute atomic E-state index is 0.00660. The van der Waals surface area contributed by atoms with Crippen LogP contribution >= 0.6 is 11.8 Å². The summed E-state index contributed by atoms with van der Waals surface area (Å²) in [5.41, 5.74) is 5.27. The number of carboxylic acids is 1. The van der Waals surface area contributed by atoms with Crippen LogP contribution in [0.4, 0.5) is 24.5 Å². The van der Waals surface area contributed by atoms with Crippen molar-refractivity contribution in [2.75, 3.05) is 11.5 Å². The summed E-state index contributed by atoms with van der Waals surface area (Å²) in [5, 5.41) is 28.2. The maximum atomic E-state index is 13.6. The SMILES string of the molecule is CCCCCCn1c(O)c(N=NC(=O)c2c(N)cccc2C(F)(F)F)c2cc(SCCCc3ccc(C(=O)O)cc3)ccc21. The molecule has 0 spiro atoms. The van der Waals surface area contributed by atoms with Crippen LogP contribution in [0.1, 0.15) is 70.9 Å². The highest BCUT2D eigenvalue weighted by Gasteiger charge is 2.36. The maximum absolute atomic E-state index is 13.6. The Morgan fingerprint density at radius 1 is 1.00 bits per heavy atom. The van der Waals surface area contributed by atoms with Gasteiger partial charge in [0.05, 0.1) is 22.2 Å². The van der Waals surface area contributed by atoms with E-state index in [1.54, 1.807) is 40.6 Å². The molecule has 1 amide bonds. The molecule has 0 aliphatic heterocycles. The summed E-state index contributed by atoms with van der Waals surface area (Å²) >= 11 is 1.57. The molecule has 4 aromatic rings. The van der Waals surface area contributed by atoms with Gasteiger partial charge in [-0.1, -0.05) is 44.4 Å². The Morgan fingerprint density at radius 2 is 1.75 bits per heavy atom. The van der Waals surface area contributed by atoms with Gasteiger partial charge >= 0.3 is 12.1 Å². The van der Waals surface area contributed by atoms with Crippen molar-refractivity contribution in [2.45, 2.75) is 63.1 Å². The first-order valence-electron chi connectivity index (χ1n) is 14.2. The number of aryl methyl sites for hydroxylation is 2. The van der Waals surface area contributed by atoms with Crippen LogP contribution in [0.2, 0.25) is 0 Å². The number of alkyl halides is 3. The second-order valence-electron chi connectivity index (χ2n) is 10.3. The first kappa shape index (κ1) is 32.6. The number of carbonyl (C=O) groups excluding carboxylic acids is 1. The monoisotopic (exact) mass is 626 g/mol. The number of carbonyl (C=O) groups is 2. The number of aromatic carboxylic acids is 1. The van der Waals surface area contributed by atoms with Crippen molar-refractivity contribution in [2.24, 2.45) is 10.2 Å². The molecule has 0 bridgehead atoms. The van der Waals surface area contributed by atoms with Gasteiger partial charge in [-0.15, -0.1) is 22.0 Å². The van der Waals surface area contributed by atoms with Crippen LogP contribution in [0.15, 0.2) is 75.8 Å². The Kier molecular flexibility index (Phi) is 10.7. The number of carboxylic acid groups (broad SMARTS) is 1. The van der Waals surface area contributed by atoms with E-state index in [2.05, 4.69) is 17.2 Å². The van der Waals surface area contributed by atoms with Crippen molar-refractivity contribution >= 4 is 45.9 Å². The normalized spacial score (nSPS) is 11.9. The highest BCUT2D eigenvalue weighted by Crippen LogP contribution is 2.41. The molecule has 4 rings (SSSR count). The number of nitrogens with zero attached hydrogens (tertiary/aromatic N) is 3. The Morgan fingerprint density at radius 3 is 2.43 bits per heavy atom. The van der Waals surface area contributed by atoms with Crippen molar-refractivity contribution in [1.82, 2.24) is 4.57 Å². The minimum Gasteiger partial charge on any atom is -0.493 e. The van der Waals surface area contributed by atoms with Gasteiger partial charge in [0, 0.05) is 22.5 Å². The Labute approximate surface area is 256 Å². The van der Waals surface area contributed by atoms with Crippen molar-refractivity contribution in [3.05, 3.63) is 82.9 Å². The van der Waals surface area contributed by atoms with Crippen LogP contribution in [-0.2, 0) is 19.1 Å². The first-order chi connectivity index (χ1) is 21.0. The summed E-state index contributed by atoms with van der Waals surface area (Å²) in [6.45, 7) is 2.58. The second-order valence-corrected chi connectivity index (χ2v) is 11.5. The number of fused-ring (bicyclic) bond motifs is 1. The van der Waals surface area contributed by atoms with E-state index in [1.165, 1.54) is 6.07 Å². The fourth-order valence-electron chi connectivity index (χ4n) is 4.88. The lowest BCUT2D eigenvalue weighted by Crippen LogP contribution is -2.14. The van der Waals surface area contributed by atoms with E-state index in [0.717, 1.165) is 66.9 Å². The third-order valence-corrected chi connectivity index (χ3v) is 8.23. The lowest BCUT2D eigenvalue weighted by molar-refractivity contribution is -0.137. The molecule has 0 aliphatic carbocycles. The van der Waals surface area contributed by atoms with Gasteiger partial charge in [-0.3, -0.25) is 4.79 Å². The topological polar surface area (TPSA) is 130 Å². The van der Waals surface area contributed by atoms with Crippen molar-refractivity contribution in [1.29, 1.82) is 0 Å². The zero-order chi connectivity index (χ0) is 31.9. The number of nitrogens with two attached hydrogens (primary N) is 1. The van der Waals surface area contributed by atoms with Crippen molar-refractivity contribution < 1.29 is 33.0 Å². The molecule has 0 aliphatic rings. The number of anilines is 1. The molecule has 0 saturated heterocycles. The fraction of sp³-hybridized carbons (Fsp3) is 0.312. The van der Waals surface area contributed by atoms with Crippen LogP contribution in [0.3, 0.4) is 0 Å². The van der Waals surface area contributed by atoms with Crippen molar-refractivity contribution in [3.8, 4) is 5.88 Å². The molecule has 232 valence electrons. The van der Waals surface area contributed by atoms with Crippen molar-refractivity contribution in [3.63, 3.8) is 0 Å². The smallest absolute Gasteiger partial charge is 0.417 e. The molecule has 8 nitrogen and oxygen atoms in total. The van der Waals surface area contributed by atoms with E-state index < -0.39 is 29.2 Å². The molecule has 4 N–H and O–H groups in total. The van der Waals surface area contributed by atoms with Crippen LogP contribution in [-0.4, -0.2) is 32.4 Å². The fourth-order valence-corrected chi connectivity index (χ4v) is 5.77. The number of unbranched alkanes of at least 4 members (excludes halogenated alkanes) is 3. The number of aromatic hydroxyl groups is 1. The number of amides is 1. The number of halogens is 3. The molecule has 12 heteroatoms. The molecular formula is C32H33F3N4O4S. The third kappa shape index (κ3) is 7.79. The number of azo groups is 1. The van der Waals surface area contributed by atoms with Crippen LogP contribution in [0, 0.1) is 0 Å². The number of hydrogen-bond donors (Lipinski definition) is 3. The zero-order valence-corrected chi connectivity index (χ0v) is 24.9. The summed E-state index contributed by atoms with van der Waals surface area (Å²) in [6.07, 6.45) is 0.572. The number of benzene rings is 3. The van der Waals surface area contributed by atoms with Crippen LogP contribution < -0.4 is 5.73 Å². The summed E-state index contributed by atoms with van der Waals surface area (Å²) in [4.78, 5) is 24.8. The first-order valence-corrected chi connectivity index (χ1v) is 15.2. The van der Waals surface area contributed by atoms with Gasteiger partial charge in [-0.25, -0.2) is 4.79 Å². The average Bonchev–Trinajstić information content (AvgIpc) is 3.25. The van der Waals surface area contributed by atoms with Gasteiger partial charge < -0.3 is 20.5 Å². The summed E-state index contributed by atoms with van der Waals surface area (Å²) in [6, 6.07) is 15.4. The van der Waals surface area contributed by atoms with Gasteiger partial charge in [-0.05, 0) is 73.0 Å². The molecule has 1 aromatic heterocycles. The molecule has 0 radical (unpaired) electrons. The van der Waals surface area contributed by atoms with Gasteiger partial charge in [0.25, 0.3) is 5.91 Å². The zero-order valence-electron chi connectivity index (χ0n) is 24.1. The molecule has 0 saturated carbocycles. The van der Waals surface area contributed by atoms with Gasteiger partial charge in [0.15, 0.2) is 5.69 Å². The van der Waals surface area contributed by atoms with E-state index in [4.69, 9.17) is 10.8 Å². The minimum atomic E-state index is -4.82. The van der Waals surface area contributed by atoms with Crippen LogP contribution in [0.5, 0.6) is 5.88 Å². The largest absolute Gasteiger partial charge is 0.493 e.